The van der Waals surface area contributed by atoms with E-state index < -0.39 is 0 Å². The fourth-order valence-electron chi connectivity index (χ4n) is 4.75. The maximum Gasteiger partial charge on any atom is 0.0931 e. The number of para-hydroxylation sites is 1. The van der Waals surface area contributed by atoms with Crippen LogP contribution in [0.2, 0.25) is 0 Å². The van der Waals surface area contributed by atoms with Crippen LogP contribution in [0.3, 0.4) is 0 Å². The van der Waals surface area contributed by atoms with Crippen molar-refractivity contribution in [1.29, 1.82) is 0 Å². The summed E-state index contributed by atoms with van der Waals surface area (Å²) in [6.07, 6.45) is 5.75. The molecule has 0 spiro atoms. The van der Waals surface area contributed by atoms with Crippen LogP contribution in [0.1, 0.15) is 36.1 Å². The lowest BCUT2D eigenvalue weighted by Gasteiger charge is -2.33. The molecule has 3 aromatic carbocycles. The lowest BCUT2D eigenvalue weighted by Crippen LogP contribution is -2.26. The Morgan fingerprint density at radius 2 is 1.24 bits per heavy atom. The fraction of sp³-hybridized carbons (Fsp3) is 0.167. The van der Waals surface area contributed by atoms with Crippen molar-refractivity contribution < 1.29 is 0 Å². The Hall–Kier alpha value is -3.60. The molecule has 29 heavy (non-hydrogen) atoms. The van der Waals surface area contributed by atoms with Crippen LogP contribution in [-0.2, 0) is 0 Å². The largest absolute Gasteiger partial charge is 0.357 e. The predicted octanol–water partition coefficient (Wildman–Crippen LogP) is 5.52. The molecule has 2 unspecified atom stereocenters. The van der Waals surface area contributed by atoms with Gasteiger partial charge in [0.15, 0.2) is 0 Å². The predicted molar refractivity (Wildman–Crippen MR) is 116 cm³/mol. The highest BCUT2D eigenvalue weighted by Gasteiger charge is 2.35. The zero-order valence-electron chi connectivity index (χ0n) is 15.9. The minimum absolute atomic E-state index is 0.326. The Morgan fingerprint density at radius 3 is 1.79 bits per heavy atom. The number of hydrogen-bond acceptors (Lipinski definition) is 3. The Labute approximate surface area is 168 Å². The van der Waals surface area contributed by atoms with Crippen molar-refractivity contribution in [3.05, 3.63) is 90.5 Å². The number of hydrogen-bond donors (Lipinski definition) is 2. The maximum absolute atomic E-state index is 4.37. The van der Waals surface area contributed by atoms with Crippen molar-refractivity contribution in [2.45, 2.75) is 24.9 Å². The van der Waals surface area contributed by atoms with E-state index in [4.69, 9.17) is 0 Å². The van der Waals surface area contributed by atoms with Gasteiger partial charge >= 0.3 is 0 Å². The van der Waals surface area contributed by atoms with E-state index in [1.807, 2.05) is 0 Å². The standard InChI is InChI=1S/C24H21N5/c1-2-4-18(5-3-1)29-23(16-6-8-19-21(12-16)27-14-25-19)10-11-24(29)17-7-9-20-22(13-17)28-15-26-20/h1-9,12-15,23-24H,10-11H2,(H,25,27)(H,26,28). The molecule has 0 amide bonds. The van der Waals surface area contributed by atoms with Gasteiger partial charge in [0.1, 0.15) is 0 Å². The van der Waals surface area contributed by atoms with Gasteiger partial charge in [-0.15, -0.1) is 0 Å². The molecule has 2 aromatic heterocycles. The van der Waals surface area contributed by atoms with Gasteiger partial charge in [0.05, 0.1) is 46.8 Å². The lowest BCUT2D eigenvalue weighted by atomic mass is 10.0. The summed E-state index contributed by atoms with van der Waals surface area (Å²) in [5, 5.41) is 0. The van der Waals surface area contributed by atoms with Crippen LogP contribution in [0, 0.1) is 0 Å². The first-order valence-corrected chi connectivity index (χ1v) is 10.1. The molecule has 1 fully saturated rings. The van der Waals surface area contributed by atoms with Gasteiger partial charge in [0.25, 0.3) is 0 Å². The van der Waals surface area contributed by atoms with E-state index in [0.29, 0.717) is 12.1 Å². The van der Waals surface area contributed by atoms with Gasteiger partial charge in [-0.25, -0.2) is 9.97 Å². The quantitative estimate of drug-likeness (QED) is 0.434. The van der Waals surface area contributed by atoms with E-state index in [1.54, 1.807) is 12.7 Å². The summed E-state index contributed by atoms with van der Waals surface area (Å²) in [6.45, 7) is 0. The molecule has 1 saturated heterocycles. The molecule has 142 valence electrons. The minimum atomic E-state index is 0.326. The molecular formula is C24H21N5. The minimum Gasteiger partial charge on any atom is -0.357 e. The van der Waals surface area contributed by atoms with Crippen LogP contribution in [0.25, 0.3) is 22.1 Å². The summed E-state index contributed by atoms with van der Waals surface area (Å²) in [4.78, 5) is 17.8. The Morgan fingerprint density at radius 1 is 0.690 bits per heavy atom. The Bertz CT molecular complexity index is 1200. The van der Waals surface area contributed by atoms with Crippen LogP contribution in [0.5, 0.6) is 0 Å². The first kappa shape index (κ1) is 16.4. The molecule has 1 aliphatic heterocycles. The number of rotatable bonds is 3. The van der Waals surface area contributed by atoms with Crippen molar-refractivity contribution in [3.63, 3.8) is 0 Å². The van der Waals surface area contributed by atoms with Crippen LogP contribution in [-0.4, -0.2) is 19.9 Å². The van der Waals surface area contributed by atoms with Gasteiger partial charge in [-0.2, -0.15) is 0 Å². The summed E-state index contributed by atoms with van der Waals surface area (Å²) in [7, 11) is 0. The molecule has 5 aromatic rings. The topological polar surface area (TPSA) is 60.6 Å². The van der Waals surface area contributed by atoms with Gasteiger partial charge in [-0.05, 0) is 60.4 Å². The SMILES string of the molecule is c1ccc(N2C(c3ccc4nc[nH]c4c3)CCC2c2ccc3nc[nH]c3c2)cc1. The highest BCUT2D eigenvalue weighted by molar-refractivity contribution is 5.76. The maximum atomic E-state index is 4.37. The number of nitrogens with one attached hydrogen (secondary N) is 2. The molecule has 0 bridgehead atoms. The van der Waals surface area contributed by atoms with Gasteiger partial charge < -0.3 is 14.9 Å². The molecule has 0 aliphatic carbocycles. The van der Waals surface area contributed by atoms with E-state index in [9.17, 15) is 0 Å². The van der Waals surface area contributed by atoms with E-state index in [-0.39, 0.29) is 0 Å². The first-order valence-electron chi connectivity index (χ1n) is 10.1. The molecule has 1 aliphatic rings. The summed E-state index contributed by atoms with van der Waals surface area (Å²) in [5.41, 5.74) is 8.13. The van der Waals surface area contributed by atoms with Gasteiger partial charge in [0.2, 0.25) is 0 Å². The Balaban J connectivity index is 1.46. The van der Waals surface area contributed by atoms with Crippen LogP contribution in [0.15, 0.2) is 79.4 Å². The van der Waals surface area contributed by atoms with Gasteiger partial charge in [0, 0.05) is 5.69 Å². The molecular weight excluding hydrogens is 358 g/mol. The number of nitrogens with zero attached hydrogens (tertiary/aromatic N) is 3. The smallest absolute Gasteiger partial charge is 0.0931 e. The number of fused-ring (bicyclic) bond motifs is 2. The number of H-pyrrole nitrogens is 2. The molecule has 0 radical (unpaired) electrons. The molecule has 5 heteroatoms. The highest BCUT2D eigenvalue weighted by atomic mass is 15.2. The second-order valence-electron chi connectivity index (χ2n) is 7.71. The number of anilines is 1. The lowest BCUT2D eigenvalue weighted by molar-refractivity contribution is 0.675. The average Bonchev–Trinajstić information content (AvgIpc) is 3.51. The highest BCUT2D eigenvalue weighted by Crippen LogP contribution is 2.47. The van der Waals surface area contributed by atoms with Crippen molar-refractivity contribution >= 4 is 27.8 Å². The molecule has 0 saturated carbocycles. The fourth-order valence-corrected chi connectivity index (χ4v) is 4.75. The molecule has 5 nitrogen and oxygen atoms in total. The van der Waals surface area contributed by atoms with Crippen molar-refractivity contribution in [2.75, 3.05) is 4.90 Å². The normalized spacial score (nSPS) is 19.4. The zero-order chi connectivity index (χ0) is 19.2. The van der Waals surface area contributed by atoms with Crippen molar-refractivity contribution in [2.24, 2.45) is 0 Å². The molecule has 6 rings (SSSR count). The van der Waals surface area contributed by atoms with Crippen molar-refractivity contribution in [3.8, 4) is 0 Å². The molecule has 3 heterocycles. The van der Waals surface area contributed by atoms with E-state index in [1.165, 1.54) is 16.8 Å². The second kappa shape index (κ2) is 6.48. The summed E-state index contributed by atoms with van der Waals surface area (Å²) < 4.78 is 0. The van der Waals surface area contributed by atoms with Gasteiger partial charge in [-0.1, -0.05) is 30.3 Å². The monoisotopic (exact) mass is 379 g/mol. The van der Waals surface area contributed by atoms with Gasteiger partial charge in [-0.3, -0.25) is 0 Å². The summed E-state index contributed by atoms with van der Waals surface area (Å²) in [6, 6.07) is 24.6. The third-order valence-electron chi connectivity index (χ3n) is 6.10. The number of aromatic amines is 2. The number of aromatic nitrogens is 4. The summed E-state index contributed by atoms with van der Waals surface area (Å²) in [5.74, 6) is 0. The first-order chi connectivity index (χ1) is 14.4. The van der Waals surface area contributed by atoms with Crippen LogP contribution < -0.4 is 4.90 Å². The third-order valence-corrected chi connectivity index (χ3v) is 6.10. The van der Waals surface area contributed by atoms with E-state index in [2.05, 4.69) is 91.6 Å². The third kappa shape index (κ3) is 2.70. The van der Waals surface area contributed by atoms with E-state index in [0.717, 1.165) is 34.9 Å². The Kier molecular flexibility index (Phi) is 3.66. The number of benzene rings is 3. The van der Waals surface area contributed by atoms with Crippen LogP contribution >= 0.6 is 0 Å². The average molecular weight is 379 g/mol. The molecule has 2 N–H and O–H groups in total. The molecule has 2 atom stereocenters. The van der Waals surface area contributed by atoms with Crippen molar-refractivity contribution in [1.82, 2.24) is 19.9 Å². The summed E-state index contributed by atoms with van der Waals surface area (Å²) >= 11 is 0. The van der Waals surface area contributed by atoms with Crippen LogP contribution in [0.4, 0.5) is 5.69 Å². The van der Waals surface area contributed by atoms with E-state index >= 15 is 0 Å². The zero-order valence-corrected chi connectivity index (χ0v) is 15.9. The second-order valence-corrected chi connectivity index (χ2v) is 7.71. The number of imidazole rings is 2.